The number of nitrogens with two attached hydrogens (primary N) is 1. The summed E-state index contributed by atoms with van der Waals surface area (Å²) in [6.45, 7) is 1.51. The standard InChI is InChI=1S/C11H16N4O4.Al/c1-7(16)15-5-8(13-6-15)4-9(11(18)19)14-10(17)2-3-12;/h5-6,9H,2-4,12H2,1H3,(H,14,17)(H,18,19);/q;+3. The van der Waals surface area contributed by atoms with Crippen molar-refractivity contribution in [2.45, 2.75) is 25.8 Å². The number of carbonyl (C=O) groups is 3. The fourth-order valence-electron chi connectivity index (χ4n) is 1.45. The van der Waals surface area contributed by atoms with Crippen molar-refractivity contribution in [3.05, 3.63) is 18.2 Å². The molecule has 0 fully saturated rings. The zero-order valence-corrected chi connectivity index (χ0v) is 12.2. The molecule has 1 aromatic rings. The molecule has 0 bridgehead atoms. The summed E-state index contributed by atoms with van der Waals surface area (Å²) in [7, 11) is 0. The summed E-state index contributed by atoms with van der Waals surface area (Å²) in [4.78, 5) is 37.3. The molecule has 1 heterocycles. The third-order valence-corrected chi connectivity index (χ3v) is 2.42. The van der Waals surface area contributed by atoms with Crippen LogP contribution in [0.2, 0.25) is 0 Å². The van der Waals surface area contributed by atoms with Gasteiger partial charge in [-0.3, -0.25) is 14.2 Å². The van der Waals surface area contributed by atoms with Crippen LogP contribution in [0.4, 0.5) is 0 Å². The van der Waals surface area contributed by atoms with Crippen LogP contribution < -0.4 is 11.1 Å². The van der Waals surface area contributed by atoms with Crippen LogP contribution in [0.15, 0.2) is 12.5 Å². The van der Waals surface area contributed by atoms with Crippen LogP contribution in [0.5, 0.6) is 0 Å². The number of carbonyl (C=O) groups excluding carboxylic acids is 2. The van der Waals surface area contributed by atoms with E-state index in [2.05, 4.69) is 10.3 Å². The number of hydrogen-bond donors (Lipinski definition) is 3. The van der Waals surface area contributed by atoms with Crippen molar-refractivity contribution in [2.75, 3.05) is 6.54 Å². The smallest absolute Gasteiger partial charge is 0.480 e. The van der Waals surface area contributed by atoms with E-state index in [0.29, 0.717) is 5.69 Å². The minimum Gasteiger partial charge on any atom is -0.480 e. The van der Waals surface area contributed by atoms with Crippen molar-refractivity contribution in [3.8, 4) is 0 Å². The minimum absolute atomic E-state index is 0. The molecule has 1 amide bonds. The van der Waals surface area contributed by atoms with Gasteiger partial charge < -0.3 is 16.2 Å². The number of hydrogen-bond acceptors (Lipinski definition) is 5. The van der Waals surface area contributed by atoms with Crippen LogP contribution in [0.3, 0.4) is 0 Å². The molecule has 1 unspecified atom stereocenters. The van der Waals surface area contributed by atoms with Crippen LogP contribution in [0.1, 0.15) is 23.8 Å². The summed E-state index contributed by atoms with van der Waals surface area (Å²) in [5.74, 6) is -1.82. The minimum atomic E-state index is -1.16. The summed E-state index contributed by atoms with van der Waals surface area (Å²) >= 11 is 0. The van der Waals surface area contributed by atoms with E-state index in [1.54, 1.807) is 0 Å². The molecule has 0 saturated heterocycles. The van der Waals surface area contributed by atoms with Crippen LogP contribution in [-0.4, -0.2) is 62.4 Å². The molecule has 8 nitrogen and oxygen atoms in total. The van der Waals surface area contributed by atoms with Crippen LogP contribution in [-0.2, 0) is 16.0 Å². The van der Waals surface area contributed by atoms with E-state index in [-0.39, 0.29) is 42.7 Å². The molecular formula is C11H16AlN4O4+3. The van der Waals surface area contributed by atoms with Crippen molar-refractivity contribution >= 4 is 35.1 Å². The second-order valence-electron chi connectivity index (χ2n) is 3.99. The Morgan fingerprint density at radius 2 is 2.15 bits per heavy atom. The molecular weight excluding hydrogens is 279 g/mol. The third-order valence-electron chi connectivity index (χ3n) is 2.42. The van der Waals surface area contributed by atoms with Gasteiger partial charge in [-0.2, -0.15) is 0 Å². The SMILES string of the molecule is CC(=O)n1cnc(CC(NC(=O)CCN)C(=O)O)c1.[Al+3]. The number of nitrogens with one attached hydrogen (secondary N) is 1. The first-order valence-electron chi connectivity index (χ1n) is 5.70. The van der Waals surface area contributed by atoms with Crippen molar-refractivity contribution in [2.24, 2.45) is 5.73 Å². The third kappa shape index (κ3) is 5.52. The van der Waals surface area contributed by atoms with Gasteiger partial charge in [-0.15, -0.1) is 0 Å². The van der Waals surface area contributed by atoms with Gasteiger partial charge in [-0.05, 0) is 0 Å². The molecule has 1 atom stereocenters. The van der Waals surface area contributed by atoms with Gasteiger partial charge in [0.15, 0.2) is 0 Å². The van der Waals surface area contributed by atoms with Gasteiger partial charge in [0, 0.05) is 32.5 Å². The molecule has 0 spiro atoms. The number of carboxylic acid groups (broad SMARTS) is 1. The molecule has 0 saturated carbocycles. The van der Waals surface area contributed by atoms with Crippen LogP contribution >= 0.6 is 0 Å². The maximum atomic E-state index is 11.3. The average Bonchev–Trinajstić information content (AvgIpc) is 2.77. The fraction of sp³-hybridized carbons (Fsp3) is 0.455. The quantitative estimate of drug-likeness (QED) is 0.555. The Labute approximate surface area is 126 Å². The van der Waals surface area contributed by atoms with E-state index in [9.17, 15) is 14.4 Å². The zero-order valence-electron chi connectivity index (χ0n) is 11.1. The number of aromatic nitrogens is 2. The Bertz CT molecular complexity index is 489. The first-order chi connectivity index (χ1) is 8.93. The molecule has 20 heavy (non-hydrogen) atoms. The van der Waals surface area contributed by atoms with Gasteiger partial charge in [-0.1, -0.05) is 0 Å². The van der Waals surface area contributed by atoms with Gasteiger partial charge in [0.2, 0.25) is 11.8 Å². The number of nitrogens with zero attached hydrogens (tertiary/aromatic N) is 2. The molecule has 4 N–H and O–H groups in total. The topological polar surface area (TPSA) is 127 Å². The monoisotopic (exact) mass is 295 g/mol. The number of amides is 1. The summed E-state index contributed by atoms with van der Waals surface area (Å²) < 4.78 is 1.25. The van der Waals surface area contributed by atoms with Crippen molar-refractivity contribution < 1.29 is 19.5 Å². The predicted octanol–water partition coefficient (Wildman–Crippen LogP) is -1.38. The largest absolute Gasteiger partial charge is 3.00 e. The number of rotatable bonds is 6. The van der Waals surface area contributed by atoms with Crippen molar-refractivity contribution in [1.29, 1.82) is 0 Å². The van der Waals surface area contributed by atoms with Crippen molar-refractivity contribution in [3.63, 3.8) is 0 Å². The van der Waals surface area contributed by atoms with Gasteiger partial charge in [0.25, 0.3) is 0 Å². The summed E-state index contributed by atoms with van der Waals surface area (Å²) in [6, 6.07) is -1.09. The average molecular weight is 295 g/mol. The Hall–Kier alpha value is -1.69. The van der Waals surface area contributed by atoms with Gasteiger partial charge in [0.05, 0.1) is 5.69 Å². The molecule has 0 radical (unpaired) electrons. The molecule has 9 heteroatoms. The first kappa shape index (κ1) is 18.3. The van der Waals surface area contributed by atoms with Gasteiger partial charge in [-0.25, -0.2) is 9.78 Å². The van der Waals surface area contributed by atoms with E-state index < -0.39 is 17.9 Å². The summed E-state index contributed by atoms with van der Waals surface area (Å²) in [6.07, 6.45) is 2.81. The number of aliphatic carboxylic acids is 1. The normalized spacial score (nSPS) is 11.3. The Kier molecular flexibility index (Phi) is 7.76. The molecule has 1 aromatic heterocycles. The van der Waals surface area contributed by atoms with Gasteiger partial charge >= 0.3 is 23.3 Å². The molecule has 0 aromatic carbocycles. The maximum absolute atomic E-state index is 11.3. The van der Waals surface area contributed by atoms with E-state index in [0.717, 1.165) is 0 Å². The first-order valence-corrected chi connectivity index (χ1v) is 5.70. The van der Waals surface area contributed by atoms with E-state index in [1.807, 2.05) is 0 Å². The molecule has 0 aliphatic rings. The van der Waals surface area contributed by atoms with E-state index >= 15 is 0 Å². The molecule has 0 aliphatic heterocycles. The number of imidazole rings is 1. The second-order valence-corrected chi connectivity index (χ2v) is 3.99. The predicted molar refractivity (Wildman–Crippen MR) is 71.2 cm³/mol. The zero-order chi connectivity index (χ0) is 14.4. The van der Waals surface area contributed by atoms with Crippen LogP contribution in [0.25, 0.3) is 0 Å². The fourth-order valence-corrected chi connectivity index (χ4v) is 1.45. The van der Waals surface area contributed by atoms with Gasteiger partial charge in [0.1, 0.15) is 12.4 Å². The Morgan fingerprint density at radius 1 is 1.50 bits per heavy atom. The molecule has 104 valence electrons. The van der Waals surface area contributed by atoms with E-state index in [4.69, 9.17) is 10.8 Å². The Morgan fingerprint density at radius 3 is 2.60 bits per heavy atom. The van der Waals surface area contributed by atoms with Crippen molar-refractivity contribution in [1.82, 2.24) is 14.9 Å². The number of carboxylic acids is 1. The second kappa shape index (κ2) is 8.48. The van der Waals surface area contributed by atoms with E-state index in [1.165, 1.54) is 24.0 Å². The molecule has 0 aliphatic carbocycles. The summed E-state index contributed by atoms with van der Waals surface area (Å²) in [5.41, 5.74) is 5.62. The molecule has 1 rings (SSSR count). The summed E-state index contributed by atoms with van der Waals surface area (Å²) in [5, 5.41) is 11.4. The van der Waals surface area contributed by atoms with Crippen LogP contribution in [0, 0.1) is 0 Å². The Balaban J connectivity index is 0.00000361. The maximum Gasteiger partial charge on any atom is 3.00 e.